The Morgan fingerprint density at radius 1 is 0.354 bits per heavy atom. The predicted octanol–water partition coefficient (Wildman–Crippen LogP) is 12.7. The summed E-state index contributed by atoms with van der Waals surface area (Å²) in [6, 6.07) is 69.9. The van der Waals surface area contributed by atoms with E-state index in [0.29, 0.717) is 0 Å². The molecule has 2 heteroatoms. The van der Waals surface area contributed by atoms with Crippen molar-refractivity contribution in [3.05, 3.63) is 194 Å². The van der Waals surface area contributed by atoms with Gasteiger partial charge in [0.15, 0.2) is 0 Å². The number of hydrogen-bond donors (Lipinski definition) is 0. The van der Waals surface area contributed by atoms with Crippen molar-refractivity contribution in [3.8, 4) is 27.9 Å². The Morgan fingerprint density at radius 3 is 1.81 bits per heavy atom. The fraction of sp³-hybridized carbons (Fsp3) is 0. The number of nitrogens with zero attached hydrogens (tertiary/aromatic N) is 2. The molecule has 0 bridgehead atoms. The van der Waals surface area contributed by atoms with Crippen LogP contribution in [0.4, 0.5) is 17.1 Å². The van der Waals surface area contributed by atoms with E-state index >= 15 is 0 Å². The lowest BCUT2D eigenvalue weighted by atomic mass is 9.99. The second kappa shape index (κ2) is 11.8. The molecule has 0 N–H and O–H groups in total. The van der Waals surface area contributed by atoms with E-state index in [1.165, 1.54) is 54.8 Å². The first-order valence-electron chi connectivity index (χ1n) is 16.4. The van der Waals surface area contributed by atoms with Crippen molar-refractivity contribution in [2.75, 3.05) is 4.90 Å². The van der Waals surface area contributed by atoms with Gasteiger partial charge in [-0.05, 0) is 82.1 Å². The van der Waals surface area contributed by atoms with Gasteiger partial charge in [-0.1, -0.05) is 140 Å². The summed E-state index contributed by atoms with van der Waals surface area (Å²) in [6.07, 6.45) is 0. The molecular formula is C46H32N2. The molecule has 0 aliphatic carbocycles. The van der Waals surface area contributed by atoms with Gasteiger partial charge in [0, 0.05) is 33.4 Å². The van der Waals surface area contributed by atoms with Gasteiger partial charge in [0.1, 0.15) is 0 Å². The number of anilines is 3. The van der Waals surface area contributed by atoms with Crippen LogP contribution >= 0.6 is 0 Å². The minimum Gasteiger partial charge on any atom is -0.310 e. The summed E-state index contributed by atoms with van der Waals surface area (Å²) in [5.74, 6) is 0. The topological polar surface area (TPSA) is 8.17 Å². The van der Waals surface area contributed by atoms with Crippen LogP contribution in [0.5, 0.6) is 0 Å². The minimum atomic E-state index is 1.10. The Labute approximate surface area is 280 Å². The van der Waals surface area contributed by atoms with Crippen molar-refractivity contribution < 1.29 is 0 Å². The third-order valence-corrected chi connectivity index (χ3v) is 9.37. The Kier molecular flexibility index (Phi) is 6.84. The van der Waals surface area contributed by atoms with Gasteiger partial charge in [0.25, 0.3) is 0 Å². The van der Waals surface area contributed by atoms with E-state index in [2.05, 4.69) is 204 Å². The standard InChI is InChI=1S/C46H32N2/c1-3-14-35(15-4-1)41-19-9-11-21-44(41)47(39-27-25-34(26-28-39)37-24-23-33-13-7-8-16-36(33)31-37)40-29-30-43-42-20-10-12-22-45(42)48(46(43)32-40)38-17-5-2-6-18-38/h1-32H. The largest absolute Gasteiger partial charge is 0.310 e. The molecule has 0 radical (unpaired) electrons. The Hall–Kier alpha value is -6.38. The van der Waals surface area contributed by atoms with Crippen LogP contribution in [0.25, 0.3) is 60.5 Å². The van der Waals surface area contributed by atoms with E-state index in [1.54, 1.807) is 0 Å². The van der Waals surface area contributed by atoms with E-state index < -0.39 is 0 Å². The van der Waals surface area contributed by atoms with E-state index in [0.717, 1.165) is 22.7 Å². The molecule has 0 saturated carbocycles. The molecule has 226 valence electrons. The highest BCUT2D eigenvalue weighted by molar-refractivity contribution is 6.10. The zero-order valence-electron chi connectivity index (χ0n) is 26.4. The highest BCUT2D eigenvalue weighted by Crippen LogP contribution is 2.43. The average Bonchev–Trinajstić information content (AvgIpc) is 3.50. The van der Waals surface area contributed by atoms with E-state index in [-0.39, 0.29) is 0 Å². The quantitative estimate of drug-likeness (QED) is 0.181. The summed E-state index contributed by atoms with van der Waals surface area (Å²) < 4.78 is 2.39. The summed E-state index contributed by atoms with van der Waals surface area (Å²) in [6.45, 7) is 0. The SMILES string of the molecule is c1ccc(-c2ccccc2N(c2ccc(-c3ccc4ccccc4c3)cc2)c2ccc3c4ccccc4n(-c4ccccc4)c3c2)cc1. The third kappa shape index (κ3) is 4.83. The summed E-state index contributed by atoms with van der Waals surface area (Å²) in [5.41, 5.74) is 11.6. The van der Waals surface area contributed by atoms with Gasteiger partial charge < -0.3 is 9.47 Å². The van der Waals surface area contributed by atoms with Crippen LogP contribution in [0.3, 0.4) is 0 Å². The third-order valence-electron chi connectivity index (χ3n) is 9.37. The molecule has 9 aromatic rings. The summed E-state index contributed by atoms with van der Waals surface area (Å²) in [5, 5.41) is 4.99. The maximum Gasteiger partial charge on any atom is 0.0561 e. The molecule has 0 saturated heterocycles. The Bertz CT molecular complexity index is 2550. The smallest absolute Gasteiger partial charge is 0.0561 e. The molecule has 0 aliphatic heterocycles. The normalized spacial score (nSPS) is 11.3. The van der Waals surface area contributed by atoms with Gasteiger partial charge in [-0.25, -0.2) is 0 Å². The van der Waals surface area contributed by atoms with Gasteiger partial charge in [-0.3, -0.25) is 0 Å². The van der Waals surface area contributed by atoms with Crippen LogP contribution in [-0.2, 0) is 0 Å². The second-order valence-electron chi connectivity index (χ2n) is 12.2. The number of rotatable bonds is 6. The maximum absolute atomic E-state index is 2.40. The first-order valence-corrected chi connectivity index (χ1v) is 16.4. The number of fused-ring (bicyclic) bond motifs is 4. The first kappa shape index (κ1) is 27.9. The molecule has 8 aromatic carbocycles. The number of para-hydroxylation sites is 3. The molecule has 0 fully saturated rings. The Balaban J connectivity index is 1.25. The molecule has 0 aliphatic rings. The van der Waals surface area contributed by atoms with Crippen LogP contribution in [-0.4, -0.2) is 4.57 Å². The molecule has 0 spiro atoms. The van der Waals surface area contributed by atoms with Gasteiger partial charge in [-0.15, -0.1) is 0 Å². The van der Waals surface area contributed by atoms with Crippen molar-refractivity contribution in [2.24, 2.45) is 0 Å². The lowest BCUT2D eigenvalue weighted by Gasteiger charge is -2.28. The Morgan fingerprint density at radius 2 is 0.979 bits per heavy atom. The molecule has 48 heavy (non-hydrogen) atoms. The van der Waals surface area contributed by atoms with Gasteiger partial charge >= 0.3 is 0 Å². The van der Waals surface area contributed by atoms with Crippen molar-refractivity contribution in [2.45, 2.75) is 0 Å². The summed E-state index contributed by atoms with van der Waals surface area (Å²) >= 11 is 0. The zero-order chi connectivity index (χ0) is 31.9. The summed E-state index contributed by atoms with van der Waals surface area (Å²) in [4.78, 5) is 2.40. The lowest BCUT2D eigenvalue weighted by Crippen LogP contribution is -2.11. The highest BCUT2D eigenvalue weighted by Gasteiger charge is 2.20. The van der Waals surface area contributed by atoms with Gasteiger partial charge in [-0.2, -0.15) is 0 Å². The van der Waals surface area contributed by atoms with E-state index in [1.807, 2.05) is 0 Å². The number of aromatic nitrogens is 1. The lowest BCUT2D eigenvalue weighted by molar-refractivity contribution is 1.18. The van der Waals surface area contributed by atoms with Crippen LogP contribution in [0, 0.1) is 0 Å². The fourth-order valence-corrected chi connectivity index (χ4v) is 7.08. The van der Waals surface area contributed by atoms with Crippen LogP contribution in [0.15, 0.2) is 194 Å². The van der Waals surface area contributed by atoms with Gasteiger partial charge in [0.2, 0.25) is 0 Å². The average molecular weight is 613 g/mol. The highest BCUT2D eigenvalue weighted by atomic mass is 15.1. The first-order chi connectivity index (χ1) is 23.8. The van der Waals surface area contributed by atoms with Crippen molar-refractivity contribution >= 4 is 49.6 Å². The van der Waals surface area contributed by atoms with E-state index in [9.17, 15) is 0 Å². The molecule has 1 aromatic heterocycles. The van der Waals surface area contributed by atoms with Crippen molar-refractivity contribution in [3.63, 3.8) is 0 Å². The zero-order valence-corrected chi connectivity index (χ0v) is 26.4. The molecule has 1 heterocycles. The molecular weight excluding hydrogens is 581 g/mol. The number of benzene rings is 8. The second-order valence-corrected chi connectivity index (χ2v) is 12.2. The van der Waals surface area contributed by atoms with Gasteiger partial charge in [0.05, 0.1) is 16.7 Å². The monoisotopic (exact) mass is 612 g/mol. The van der Waals surface area contributed by atoms with Crippen molar-refractivity contribution in [1.82, 2.24) is 4.57 Å². The molecule has 0 amide bonds. The van der Waals surface area contributed by atoms with Crippen LogP contribution < -0.4 is 4.90 Å². The molecule has 2 nitrogen and oxygen atoms in total. The van der Waals surface area contributed by atoms with Crippen LogP contribution in [0.2, 0.25) is 0 Å². The predicted molar refractivity (Wildman–Crippen MR) is 204 cm³/mol. The summed E-state index contributed by atoms with van der Waals surface area (Å²) in [7, 11) is 0. The minimum absolute atomic E-state index is 1.10. The molecule has 0 atom stereocenters. The molecule has 0 unspecified atom stereocenters. The number of hydrogen-bond acceptors (Lipinski definition) is 1. The molecule has 9 rings (SSSR count). The van der Waals surface area contributed by atoms with Crippen molar-refractivity contribution in [1.29, 1.82) is 0 Å². The fourth-order valence-electron chi connectivity index (χ4n) is 7.08. The maximum atomic E-state index is 2.40. The van der Waals surface area contributed by atoms with E-state index in [4.69, 9.17) is 0 Å². The van der Waals surface area contributed by atoms with Crippen LogP contribution in [0.1, 0.15) is 0 Å².